The summed E-state index contributed by atoms with van der Waals surface area (Å²) in [5, 5.41) is 102. The predicted molar refractivity (Wildman–Crippen MR) is 128 cm³/mol. The third-order valence-corrected chi connectivity index (χ3v) is 7.70. The molecule has 0 aromatic carbocycles. The number of nitrogens with two attached hydrogens (primary N) is 1. The minimum absolute atomic E-state index is 0.652. The highest BCUT2D eigenvalue weighted by Gasteiger charge is 2.59. The second-order valence-electron chi connectivity index (χ2n) is 10.4. The van der Waals surface area contributed by atoms with E-state index in [2.05, 4.69) is 0 Å². The lowest BCUT2D eigenvalue weighted by molar-refractivity contribution is -0.383. The van der Waals surface area contributed by atoms with Gasteiger partial charge in [0.1, 0.15) is 54.9 Å². The molecule has 18 nitrogen and oxygen atoms in total. The number of carboxylic acids is 1. The minimum atomic E-state index is -2.88. The van der Waals surface area contributed by atoms with Crippen LogP contribution in [0.3, 0.4) is 0 Å². The van der Waals surface area contributed by atoms with Crippen molar-refractivity contribution in [1.82, 2.24) is 0 Å². The molecule has 3 aliphatic heterocycles. The topological polar surface area (TPSA) is 301 Å². The average Bonchev–Trinajstić information content (AvgIpc) is 2.95. The lowest BCUT2D eigenvalue weighted by Gasteiger charge is -2.50. The molecular formula is C23H41NO17. The second-order valence-corrected chi connectivity index (χ2v) is 10.4. The highest BCUT2D eigenvalue weighted by molar-refractivity contribution is 5.76. The fourth-order valence-corrected chi connectivity index (χ4v) is 5.18. The summed E-state index contributed by atoms with van der Waals surface area (Å²) in [6.07, 6.45) is -22.2. The van der Waals surface area contributed by atoms with Crippen LogP contribution >= 0.6 is 0 Å². The van der Waals surface area contributed by atoms with Crippen LogP contribution in [0.15, 0.2) is 0 Å². The van der Waals surface area contributed by atoms with E-state index in [1.165, 1.54) is 7.11 Å². The van der Waals surface area contributed by atoms with Gasteiger partial charge in [-0.05, 0) is 0 Å². The van der Waals surface area contributed by atoms with Gasteiger partial charge in [0.15, 0.2) is 12.6 Å². The number of methoxy groups -OCH3 is 1. The Balaban J connectivity index is 1.90. The number of carbonyl (C=O) groups is 1. The van der Waals surface area contributed by atoms with E-state index in [0.29, 0.717) is 0 Å². The van der Waals surface area contributed by atoms with Crippen LogP contribution in [-0.2, 0) is 33.2 Å². The molecule has 3 rings (SSSR count). The summed E-state index contributed by atoms with van der Waals surface area (Å²) in [5.41, 5.74) is 5.85. The van der Waals surface area contributed by atoms with Gasteiger partial charge < -0.3 is 85.2 Å². The number of hydrogen-bond donors (Lipinski definition) is 11. The number of aliphatic hydroxyl groups excluding tert-OH is 9. The van der Waals surface area contributed by atoms with Gasteiger partial charge in [-0.15, -0.1) is 0 Å². The zero-order chi connectivity index (χ0) is 30.8. The molecule has 0 aliphatic carbocycles. The summed E-state index contributed by atoms with van der Waals surface area (Å²) in [7, 11) is 1.33. The highest BCUT2D eigenvalue weighted by atomic mass is 16.8. The van der Waals surface area contributed by atoms with Gasteiger partial charge in [-0.1, -0.05) is 6.92 Å². The zero-order valence-electron chi connectivity index (χ0n) is 22.4. The van der Waals surface area contributed by atoms with Gasteiger partial charge in [0.2, 0.25) is 0 Å². The molecule has 3 aliphatic rings. The highest BCUT2D eigenvalue weighted by Crippen LogP contribution is 2.38. The number of ether oxygens (including phenoxy) is 6. The Morgan fingerprint density at radius 3 is 2.12 bits per heavy atom. The summed E-state index contributed by atoms with van der Waals surface area (Å²) < 4.78 is 33.0. The van der Waals surface area contributed by atoms with E-state index in [0.717, 1.165) is 0 Å². The monoisotopic (exact) mass is 603 g/mol. The molecule has 0 amide bonds. The Kier molecular flexibility index (Phi) is 11.8. The fraction of sp³-hybridized carbons (Fsp3) is 0.957. The summed E-state index contributed by atoms with van der Waals surface area (Å²) >= 11 is 0. The number of aliphatic carboxylic acids is 1. The van der Waals surface area contributed by atoms with Crippen molar-refractivity contribution in [3.63, 3.8) is 0 Å². The average molecular weight is 604 g/mol. The van der Waals surface area contributed by atoms with Gasteiger partial charge in [0.05, 0.1) is 38.1 Å². The lowest BCUT2D eigenvalue weighted by Crippen LogP contribution is -2.70. The molecular weight excluding hydrogens is 562 g/mol. The summed E-state index contributed by atoms with van der Waals surface area (Å²) in [4.78, 5) is 12.4. The third-order valence-electron chi connectivity index (χ3n) is 7.70. The van der Waals surface area contributed by atoms with Crippen molar-refractivity contribution in [3.05, 3.63) is 0 Å². The molecule has 16 atom stereocenters. The van der Waals surface area contributed by atoms with Crippen molar-refractivity contribution in [2.24, 2.45) is 11.7 Å². The van der Waals surface area contributed by atoms with Gasteiger partial charge in [0.25, 0.3) is 5.79 Å². The molecule has 3 heterocycles. The van der Waals surface area contributed by atoms with E-state index >= 15 is 0 Å². The minimum Gasteiger partial charge on any atom is -0.477 e. The van der Waals surface area contributed by atoms with Crippen molar-refractivity contribution in [2.75, 3.05) is 26.9 Å². The fourth-order valence-electron chi connectivity index (χ4n) is 5.18. The smallest absolute Gasteiger partial charge is 0.364 e. The second kappa shape index (κ2) is 14.1. The third kappa shape index (κ3) is 6.83. The van der Waals surface area contributed by atoms with Crippen LogP contribution in [0, 0.1) is 5.92 Å². The summed E-state index contributed by atoms with van der Waals surface area (Å²) in [6, 6.07) is -1.45. The van der Waals surface area contributed by atoms with Crippen molar-refractivity contribution in [1.29, 1.82) is 0 Å². The maximum Gasteiger partial charge on any atom is 0.364 e. The first-order chi connectivity index (χ1) is 19.3. The molecule has 12 N–H and O–H groups in total. The van der Waals surface area contributed by atoms with E-state index in [1.54, 1.807) is 6.92 Å². The first-order valence-electron chi connectivity index (χ1n) is 13.0. The van der Waals surface area contributed by atoms with Crippen LogP contribution in [0.1, 0.15) is 13.3 Å². The van der Waals surface area contributed by atoms with Crippen LogP contribution in [0.5, 0.6) is 0 Å². The molecule has 0 aromatic heterocycles. The first-order valence-corrected chi connectivity index (χ1v) is 13.0. The van der Waals surface area contributed by atoms with Gasteiger partial charge >= 0.3 is 5.97 Å². The van der Waals surface area contributed by atoms with Crippen LogP contribution in [0.4, 0.5) is 0 Å². The van der Waals surface area contributed by atoms with E-state index in [9.17, 15) is 55.9 Å². The molecule has 0 aromatic rings. The molecule has 240 valence electrons. The van der Waals surface area contributed by atoms with E-state index in [1.807, 2.05) is 0 Å². The molecule has 0 radical (unpaired) electrons. The van der Waals surface area contributed by atoms with Crippen LogP contribution in [-0.4, -0.2) is 176 Å². The van der Waals surface area contributed by atoms with Gasteiger partial charge in [-0.25, -0.2) is 4.79 Å². The Hall–Kier alpha value is -1.17. The number of aliphatic hydroxyl groups is 9. The number of carboxylic acid groups (broad SMARTS) is 1. The van der Waals surface area contributed by atoms with Crippen molar-refractivity contribution < 1.29 is 84.3 Å². The summed E-state index contributed by atoms with van der Waals surface area (Å²) in [5.74, 6) is -5.45. The van der Waals surface area contributed by atoms with Crippen molar-refractivity contribution >= 4 is 5.97 Å². The molecule has 41 heavy (non-hydrogen) atoms. The maximum atomic E-state index is 12.4. The van der Waals surface area contributed by atoms with Gasteiger partial charge in [-0.2, -0.15) is 0 Å². The number of rotatable bonds is 11. The molecule has 3 saturated heterocycles. The largest absolute Gasteiger partial charge is 0.477 e. The normalized spacial score (nSPS) is 47.1. The van der Waals surface area contributed by atoms with Crippen molar-refractivity contribution in [2.45, 2.75) is 105 Å². The first kappa shape index (κ1) is 34.3. The Morgan fingerprint density at radius 2 is 1.59 bits per heavy atom. The van der Waals surface area contributed by atoms with Crippen LogP contribution in [0.2, 0.25) is 0 Å². The quantitative estimate of drug-likeness (QED) is 0.105. The number of hydrogen-bond acceptors (Lipinski definition) is 17. The van der Waals surface area contributed by atoms with Crippen molar-refractivity contribution in [3.8, 4) is 0 Å². The standard InChI is InChI=1S/C23H41NO17/c1-7-13(30)17(11(6-27)38-20(7)36-2)39-21-16(33)19(15(32)10(5-26)37-21)41-23(22(34)35)3-8(28)12(24)18(40-23)14(31)9(29)4-25/h7-21,25-33H,3-6,24H2,1-2H3,(H,34,35)/t7-,8+,9+,10?,11?,12+,13?,14+,15-,16-,17+,18?,19?,20+,21-,23-/m0/s1. The molecule has 18 heteroatoms. The lowest BCUT2D eigenvalue weighted by atomic mass is 9.88. The Morgan fingerprint density at radius 1 is 0.976 bits per heavy atom. The van der Waals surface area contributed by atoms with Gasteiger partial charge in [-0.3, -0.25) is 0 Å². The SMILES string of the molecule is CO[C@@H]1OC(CO)[C@@H](O[C@@H]2OC(CO)[C@H](O)C(O[C@]3(C(=O)O)C[C@@H](O)[C@@H](N)C([C@H](O)[C@H](O)CO)O3)[C@@H]2O)C(O)[C@@H]1C. The zero-order valence-corrected chi connectivity index (χ0v) is 22.4. The Labute approximate surface area is 234 Å². The predicted octanol–water partition coefficient (Wildman–Crippen LogP) is -6.47. The van der Waals surface area contributed by atoms with Crippen LogP contribution < -0.4 is 5.73 Å². The maximum absolute atomic E-state index is 12.4. The molecule has 0 spiro atoms. The molecule has 5 unspecified atom stereocenters. The molecule has 0 saturated carbocycles. The van der Waals surface area contributed by atoms with E-state index < -0.39 is 130 Å². The molecule has 3 fully saturated rings. The van der Waals surface area contributed by atoms with E-state index in [-0.39, 0.29) is 0 Å². The van der Waals surface area contributed by atoms with E-state index in [4.69, 9.17) is 34.2 Å². The van der Waals surface area contributed by atoms with Crippen LogP contribution in [0.25, 0.3) is 0 Å². The molecule has 0 bridgehead atoms. The Bertz CT molecular complexity index is 853. The summed E-state index contributed by atoms with van der Waals surface area (Å²) in [6.45, 7) is -0.921. The van der Waals surface area contributed by atoms with Gasteiger partial charge in [0, 0.05) is 19.4 Å².